The van der Waals surface area contributed by atoms with Gasteiger partial charge in [0.15, 0.2) is 5.65 Å². The highest BCUT2D eigenvalue weighted by atomic mass is 19.1. The van der Waals surface area contributed by atoms with Crippen molar-refractivity contribution in [2.24, 2.45) is 0 Å². The fourth-order valence-electron chi connectivity index (χ4n) is 6.95. The number of carbonyl (C=O) groups excluding carboxylic acids is 1. The van der Waals surface area contributed by atoms with Crippen molar-refractivity contribution in [3.05, 3.63) is 129 Å². The van der Waals surface area contributed by atoms with E-state index < -0.39 is 17.1 Å². The van der Waals surface area contributed by atoms with E-state index in [1.807, 2.05) is 60.7 Å². The second-order valence-electron chi connectivity index (χ2n) is 13.1. The number of aromatic nitrogens is 3. The van der Waals surface area contributed by atoms with E-state index in [-0.39, 0.29) is 29.8 Å². The maximum atomic E-state index is 14.3. The van der Waals surface area contributed by atoms with E-state index in [0.717, 1.165) is 60.6 Å². The number of fused-ring (bicyclic) bond motifs is 1. The Hall–Kier alpha value is -5.42. The van der Waals surface area contributed by atoms with Gasteiger partial charge in [-0.2, -0.15) is 0 Å². The van der Waals surface area contributed by atoms with Gasteiger partial charge < -0.3 is 15.0 Å². The molecule has 1 saturated heterocycles. The molecule has 10 nitrogen and oxygen atoms in total. The number of ether oxygens (including phenoxy) is 1. The van der Waals surface area contributed by atoms with Crippen LogP contribution >= 0.6 is 0 Å². The molecule has 2 fully saturated rings. The van der Waals surface area contributed by atoms with E-state index in [1.165, 1.54) is 9.13 Å². The Labute approximate surface area is 288 Å². The van der Waals surface area contributed by atoms with Gasteiger partial charge in [0, 0.05) is 44.5 Å². The molecule has 1 amide bonds. The Bertz CT molecular complexity index is 2140. The zero-order chi connectivity index (χ0) is 34.6. The lowest BCUT2D eigenvalue weighted by atomic mass is 9.93. The number of carbonyl (C=O) groups is 1. The number of hydrogen-bond donors (Lipinski definition) is 1. The molecule has 1 N–H and O–H groups in total. The lowest BCUT2D eigenvalue weighted by molar-refractivity contribution is 0.0972. The molecule has 5 aromatic rings. The standard InChI is InChI=1S/C39H39FN6O4/c40-31-23-35-36(42-24-31)45(38(48)46(37(35)47)33-16-14-32(41)15-17-33)34-9-4-8-30(22-34)29-12-10-27(11-13-29)25-43-18-5-19-44(21-20-43)39(49)50-26-28-6-2-1-3-7-28/h1-4,6-13,22-24,33,41H,5,14-21,25-26H2. The van der Waals surface area contributed by atoms with Crippen molar-refractivity contribution in [1.82, 2.24) is 23.9 Å². The van der Waals surface area contributed by atoms with E-state index in [1.54, 1.807) is 11.0 Å². The summed E-state index contributed by atoms with van der Waals surface area (Å²) in [6, 6.07) is 26.2. The summed E-state index contributed by atoms with van der Waals surface area (Å²) in [7, 11) is 0. The molecule has 2 aliphatic rings. The van der Waals surface area contributed by atoms with E-state index in [9.17, 15) is 18.8 Å². The van der Waals surface area contributed by atoms with E-state index >= 15 is 0 Å². The lowest BCUT2D eigenvalue weighted by Gasteiger charge is -2.25. The highest BCUT2D eigenvalue weighted by Crippen LogP contribution is 2.27. The first kappa shape index (κ1) is 33.1. The van der Waals surface area contributed by atoms with Crippen LogP contribution in [0.1, 0.15) is 49.3 Å². The molecule has 0 radical (unpaired) electrons. The number of halogens is 1. The summed E-state index contributed by atoms with van der Waals surface area (Å²) in [4.78, 5) is 48.6. The molecule has 3 aromatic carbocycles. The van der Waals surface area contributed by atoms with Gasteiger partial charge >= 0.3 is 11.8 Å². The third-order valence-corrected chi connectivity index (χ3v) is 9.67. The van der Waals surface area contributed by atoms with Gasteiger partial charge in [0.1, 0.15) is 12.4 Å². The van der Waals surface area contributed by atoms with Gasteiger partial charge in [-0.25, -0.2) is 23.5 Å². The van der Waals surface area contributed by atoms with Crippen molar-refractivity contribution in [1.29, 1.82) is 5.41 Å². The smallest absolute Gasteiger partial charge is 0.410 e. The molecule has 2 aromatic heterocycles. The summed E-state index contributed by atoms with van der Waals surface area (Å²) >= 11 is 0. The van der Waals surface area contributed by atoms with Crippen molar-refractivity contribution in [2.75, 3.05) is 26.2 Å². The Morgan fingerprint density at radius 2 is 1.64 bits per heavy atom. The molecule has 0 spiro atoms. The summed E-state index contributed by atoms with van der Waals surface area (Å²) in [5.41, 5.74) is 4.10. The summed E-state index contributed by atoms with van der Waals surface area (Å²) in [6.07, 6.45) is 3.64. The van der Waals surface area contributed by atoms with Crippen molar-refractivity contribution in [3.63, 3.8) is 0 Å². The normalized spacial score (nSPS) is 17.1. The summed E-state index contributed by atoms with van der Waals surface area (Å²) in [6.45, 7) is 3.89. The summed E-state index contributed by atoms with van der Waals surface area (Å²) in [5.74, 6) is -0.649. The van der Waals surface area contributed by atoms with E-state index in [4.69, 9.17) is 10.1 Å². The third kappa shape index (κ3) is 7.13. The summed E-state index contributed by atoms with van der Waals surface area (Å²) < 4.78 is 22.5. The van der Waals surface area contributed by atoms with E-state index in [2.05, 4.69) is 22.0 Å². The minimum Gasteiger partial charge on any atom is -0.445 e. The highest BCUT2D eigenvalue weighted by molar-refractivity contribution is 5.82. The molecule has 7 rings (SSSR count). The van der Waals surface area contributed by atoms with Crippen LogP contribution in [-0.2, 0) is 17.9 Å². The van der Waals surface area contributed by atoms with Crippen molar-refractivity contribution < 1.29 is 13.9 Å². The average Bonchev–Trinajstić information content (AvgIpc) is 3.38. The first-order valence-electron chi connectivity index (χ1n) is 17.1. The van der Waals surface area contributed by atoms with Crippen LogP contribution in [0.15, 0.2) is 101 Å². The fourth-order valence-corrected chi connectivity index (χ4v) is 6.95. The first-order chi connectivity index (χ1) is 24.3. The molecule has 0 atom stereocenters. The van der Waals surface area contributed by atoms with Crippen LogP contribution in [0.25, 0.3) is 27.8 Å². The van der Waals surface area contributed by atoms with E-state index in [0.29, 0.717) is 50.2 Å². The van der Waals surface area contributed by atoms with Gasteiger partial charge in [-0.1, -0.05) is 66.7 Å². The molecular weight excluding hydrogens is 635 g/mol. The second-order valence-corrected chi connectivity index (χ2v) is 13.1. The van der Waals surface area contributed by atoms with Gasteiger partial charge in [0.25, 0.3) is 5.56 Å². The number of rotatable bonds is 7. The van der Waals surface area contributed by atoms with Gasteiger partial charge in [0.2, 0.25) is 0 Å². The Morgan fingerprint density at radius 1 is 0.860 bits per heavy atom. The third-order valence-electron chi connectivity index (χ3n) is 9.67. The van der Waals surface area contributed by atoms with Gasteiger partial charge in [0.05, 0.1) is 17.3 Å². The Morgan fingerprint density at radius 3 is 2.42 bits per heavy atom. The molecule has 11 heteroatoms. The van der Waals surface area contributed by atoms with Gasteiger partial charge in [-0.15, -0.1) is 0 Å². The molecule has 0 unspecified atom stereocenters. The Kier molecular flexibility index (Phi) is 9.66. The van der Waals surface area contributed by atoms with Crippen molar-refractivity contribution in [2.45, 2.75) is 51.3 Å². The Balaban J connectivity index is 1.07. The minimum atomic E-state index is -0.649. The van der Waals surface area contributed by atoms with Crippen molar-refractivity contribution >= 4 is 22.8 Å². The molecule has 256 valence electrons. The van der Waals surface area contributed by atoms with Crippen LogP contribution < -0.4 is 11.2 Å². The molecule has 1 aliphatic heterocycles. The molecule has 0 bridgehead atoms. The largest absolute Gasteiger partial charge is 0.445 e. The summed E-state index contributed by atoms with van der Waals surface area (Å²) in [5, 5.41) is 8.03. The lowest BCUT2D eigenvalue weighted by Crippen LogP contribution is -2.43. The van der Waals surface area contributed by atoms with Crippen LogP contribution in [0.2, 0.25) is 0 Å². The predicted octanol–water partition coefficient (Wildman–Crippen LogP) is 6.33. The zero-order valence-electron chi connectivity index (χ0n) is 27.8. The maximum absolute atomic E-state index is 14.3. The van der Waals surface area contributed by atoms with Crippen LogP contribution in [0.5, 0.6) is 0 Å². The molecule has 50 heavy (non-hydrogen) atoms. The SMILES string of the molecule is N=C1CCC(n2c(=O)c3cc(F)cnc3n(-c3cccc(-c4ccc(CN5CCCN(C(=O)OCc6ccccc6)CC5)cc4)c3)c2=O)CC1. The quantitative estimate of drug-likeness (QED) is 0.216. The molecule has 1 saturated carbocycles. The van der Waals surface area contributed by atoms with Crippen LogP contribution in [0.3, 0.4) is 0 Å². The van der Waals surface area contributed by atoms with Gasteiger partial charge in [-0.05, 0) is 72.6 Å². The zero-order valence-corrected chi connectivity index (χ0v) is 27.8. The highest BCUT2D eigenvalue weighted by Gasteiger charge is 2.25. The fraction of sp³-hybridized carbons (Fsp3) is 0.308. The molecule has 1 aliphatic carbocycles. The second kappa shape index (κ2) is 14.6. The number of amides is 1. The van der Waals surface area contributed by atoms with Crippen LogP contribution in [0, 0.1) is 11.2 Å². The number of benzene rings is 3. The number of nitrogens with zero attached hydrogens (tertiary/aromatic N) is 5. The molecule has 3 heterocycles. The number of pyridine rings is 1. The van der Waals surface area contributed by atoms with Gasteiger partial charge in [-0.3, -0.25) is 14.3 Å². The number of hydrogen-bond acceptors (Lipinski definition) is 7. The first-order valence-corrected chi connectivity index (χ1v) is 17.1. The minimum absolute atomic E-state index is 0.0423. The monoisotopic (exact) mass is 674 g/mol. The van der Waals surface area contributed by atoms with Crippen LogP contribution in [0.4, 0.5) is 9.18 Å². The average molecular weight is 675 g/mol. The topological polar surface area (TPSA) is 114 Å². The predicted molar refractivity (Wildman–Crippen MR) is 190 cm³/mol. The maximum Gasteiger partial charge on any atom is 0.410 e. The number of nitrogens with one attached hydrogen (secondary N) is 1. The molecular formula is C39H39FN6O4. The van der Waals surface area contributed by atoms with Crippen molar-refractivity contribution in [3.8, 4) is 16.8 Å². The van der Waals surface area contributed by atoms with Crippen LogP contribution in [-0.4, -0.2) is 61.9 Å².